The van der Waals surface area contributed by atoms with Gasteiger partial charge in [-0.3, -0.25) is 4.90 Å². The molecule has 3 aromatic rings. The van der Waals surface area contributed by atoms with Gasteiger partial charge in [-0.25, -0.2) is 9.97 Å². The minimum absolute atomic E-state index is 0.0345. The lowest BCUT2D eigenvalue weighted by atomic mass is 9.98. The lowest BCUT2D eigenvalue weighted by Gasteiger charge is -2.15. The van der Waals surface area contributed by atoms with Crippen LogP contribution in [0.15, 0.2) is 58.8 Å². The standard InChI is InChI=1S/C24H27N3O2S/c1-24(2,3)11-6-5-7-12-27(4)15-19-9-8-10-21(13-19)28-16-20-17-30-23(26-20)22-14-25-18-29-22/h5,7-10,13-14,17-18H,12,15-16H2,1-4H3/b7-5+. The van der Waals surface area contributed by atoms with Crippen LogP contribution in [0.2, 0.25) is 0 Å². The highest BCUT2D eigenvalue weighted by molar-refractivity contribution is 7.13. The summed E-state index contributed by atoms with van der Waals surface area (Å²) in [5.41, 5.74) is 2.10. The number of thiazole rings is 1. The average Bonchev–Trinajstić information content (AvgIpc) is 3.37. The van der Waals surface area contributed by atoms with E-state index in [-0.39, 0.29) is 5.41 Å². The van der Waals surface area contributed by atoms with Crippen molar-refractivity contribution in [3.8, 4) is 28.4 Å². The van der Waals surface area contributed by atoms with E-state index in [4.69, 9.17) is 9.15 Å². The summed E-state index contributed by atoms with van der Waals surface area (Å²) in [5.74, 6) is 7.82. The normalized spacial score (nSPS) is 11.6. The molecule has 0 aliphatic heterocycles. The van der Waals surface area contributed by atoms with Crippen LogP contribution in [0.5, 0.6) is 5.75 Å². The molecule has 1 aromatic carbocycles. The van der Waals surface area contributed by atoms with Gasteiger partial charge >= 0.3 is 0 Å². The van der Waals surface area contributed by atoms with Gasteiger partial charge in [0.05, 0.1) is 11.9 Å². The Kier molecular flexibility index (Phi) is 7.45. The van der Waals surface area contributed by atoms with Gasteiger partial charge in [0.2, 0.25) is 0 Å². The van der Waals surface area contributed by atoms with Gasteiger partial charge in [0, 0.05) is 23.9 Å². The highest BCUT2D eigenvalue weighted by atomic mass is 32.1. The first-order chi connectivity index (χ1) is 14.4. The molecule has 2 aromatic heterocycles. The minimum atomic E-state index is 0.0345. The van der Waals surface area contributed by atoms with Gasteiger partial charge in [-0.1, -0.05) is 30.0 Å². The lowest BCUT2D eigenvalue weighted by molar-refractivity contribution is 0.300. The number of rotatable bonds is 8. The summed E-state index contributed by atoms with van der Waals surface area (Å²) in [6, 6.07) is 8.17. The van der Waals surface area contributed by atoms with Crippen LogP contribution in [0.25, 0.3) is 10.8 Å². The van der Waals surface area contributed by atoms with Crippen LogP contribution in [0.3, 0.4) is 0 Å². The molecule has 0 saturated carbocycles. The van der Waals surface area contributed by atoms with Crippen LogP contribution < -0.4 is 4.74 Å². The summed E-state index contributed by atoms with van der Waals surface area (Å²) in [5, 5.41) is 2.78. The topological polar surface area (TPSA) is 51.4 Å². The molecule has 0 spiro atoms. The van der Waals surface area contributed by atoms with E-state index in [9.17, 15) is 0 Å². The molecule has 0 atom stereocenters. The average molecular weight is 422 g/mol. The smallest absolute Gasteiger partial charge is 0.182 e. The Morgan fingerprint density at radius 2 is 2.17 bits per heavy atom. The molecule has 0 saturated heterocycles. The fraction of sp³-hybridized carbons (Fsp3) is 0.333. The number of hydrogen-bond donors (Lipinski definition) is 0. The Labute approximate surface area is 182 Å². The highest BCUT2D eigenvalue weighted by Crippen LogP contribution is 2.24. The fourth-order valence-corrected chi connectivity index (χ4v) is 3.38. The first-order valence-corrected chi connectivity index (χ1v) is 10.7. The molecule has 156 valence electrons. The van der Waals surface area contributed by atoms with Gasteiger partial charge in [-0.15, -0.1) is 11.3 Å². The zero-order valence-electron chi connectivity index (χ0n) is 17.9. The highest BCUT2D eigenvalue weighted by Gasteiger charge is 2.08. The zero-order chi connectivity index (χ0) is 21.4. The van der Waals surface area contributed by atoms with E-state index in [2.05, 4.69) is 72.7 Å². The summed E-state index contributed by atoms with van der Waals surface area (Å²) < 4.78 is 11.2. The molecule has 6 heteroatoms. The van der Waals surface area contributed by atoms with E-state index in [1.54, 1.807) is 6.20 Å². The Morgan fingerprint density at radius 1 is 1.30 bits per heavy atom. The molecule has 0 aliphatic rings. The lowest BCUT2D eigenvalue weighted by Crippen LogP contribution is -2.17. The van der Waals surface area contributed by atoms with E-state index in [0.29, 0.717) is 12.4 Å². The second-order valence-corrected chi connectivity index (χ2v) is 8.92. The second kappa shape index (κ2) is 10.2. The van der Waals surface area contributed by atoms with Crippen molar-refractivity contribution in [3.05, 3.63) is 65.6 Å². The maximum Gasteiger partial charge on any atom is 0.182 e. The van der Waals surface area contributed by atoms with Gasteiger partial charge in [0.15, 0.2) is 17.2 Å². The molecular formula is C24H27N3O2S. The third-order valence-corrected chi connectivity index (χ3v) is 4.90. The summed E-state index contributed by atoms with van der Waals surface area (Å²) in [7, 11) is 2.09. The third-order valence-electron chi connectivity index (χ3n) is 4.00. The van der Waals surface area contributed by atoms with Crippen molar-refractivity contribution in [1.29, 1.82) is 0 Å². The number of oxazole rings is 1. The molecule has 0 radical (unpaired) electrons. The number of hydrogen-bond acceptors (Lipinski definition) is 6. The van der Waals surface area contributed by atoms with Crippen molar-refractivity contribution < 1.29 is 9.15 Å². The van der Waals surface area contributed by atoms with Crippen molar-refractivity contribution >= 4 is 11.3 Å². The molecule has 0 unspecified atom stereocenters. The molecule has 5 nitrogen and oxygen atoms in total. The maximum atomic E-state index is 5.94. The molecule has 0 bridgehead atoms. The largest absolute Gasteiger partial charge is 0.487 e. The van der Waals surface area contributed by atoms with Gasteiger partial charge in [0.1, 0.15) is 12.4 Å². The number of allylic oxidation sites excluding steroid dienone is 1. The Morgan fingerprint density at radius 3 is 2.93 bits per heavy atom. The number of nitrogens with zero attached hydrogens (tertiary/aromatic N) is 3. The van der Waals surface area contributed by atoms with Gasteiger partial charge in [0.25, 0.3) is 0 Å². The summed E-state index contributed by atoms with van der Waals surface area (Å²) in [6.07, 6.45) is 7.09. The quantitative estimate of drug-likeness (QED) is 0.455. The molecule has 3 rings (SSSR count). The van der Waals surface area contributed by atoms with Crippen LogP contribution >= 0.6 is 11.3 Å². The summed E-state index contributed by atoms with van der Waals surface area (Å²) in [4.78, 5) is 10.7. The predicted molar refractivity (Wildman–Crippen MR) is 121 cm³/mol. The Balaban J connectivity index is 1.49. The molecule has 0 N–H and O–H groups in total. The monoisotopic (exact) mass is 421 g/mol. The third kappa shape index (κ3) is 7.18. The van der Waals surface area contributed by atoms with E-state index in [1.165, 1.54) is 23.3 Å². The first-order valence-electron chi connectivity index (χ1n) is 9.80. The second-order valence-electron chi connectivity index (χ2n) is 8.06. The van der Waals surface area contributed by atoms with Crippen molar-refractivity contribution in [2.45, 2.75) is 33.9 Å². The molecule has 30 heavy (non-hydrogen) atoms. The summed E-state index contributed by atoms with van der Waals surface area (Å²) in [6.45, 7) is 8.42. The van der Waals surface area contributed by atoms with E-state index < -0.39 is 0 Å². The van der Waals surface area contributed by atoms with Gasteiger partial charge in [-0.05, 0) is 51.6 Å². The number of aromatic nitrogens is 2. The predicted octanol–water partition coefficient (Wildman–Crippen LogP) is 5.41. The van der Waals surface area contributed by atoms with E-state index in [0.717, 1.165) is 29.5 Å². The van der Waals surface area contributed by atoms with Gasteiger partial charge in [-0.2, -0.15) is 0 Å². The van der Waals surface area contributed by atoms with Crippen molar-refractivity contribution in [2.75, 3.05) is 13.6 Å². The number of benzene rings is 1. The van der Waals surface area contributed by atoms with Crippen LogP contribution in [0.4, 0.5) is 0 Å². The summed E-state index contributed by atoms with van der Waals surface area (Å²) >= 11 is 1.52. The van der Waals surface area contributed by atoms with Crippen LogP contribution in [0.1, 0.15) is 32.0 Å². The molecular weight excluding hydrogens is 394 g/mol. The van der Waals surface area contributed by atoms with E-state index in [1.807, 2.05) is 23.6 Å². The first kappa shape index (κ1) is 21.8. The van der Waals surface area contributed by atoms with Crippen LogP contribution in [0, 0.1) is 17.3 Å². The number of ether oxygens (including phenoxy) is 1. The molecule has 0 aliphatic carbocycles. The van der Waals surface area contributed by atoms with Crippen molar-refractivity contribution in [3.63, 3.8) is 0 Å². The molecule has 0 fully saturated rings. The van der Waals surface area contributed by atoms with Gasteiger partial charge < -0.3 is 9.15 Å². The van der Waals surface area contributed by atoms with Crippen LogP contribution in [-0.2, 0) is 13.2 Å². The van der Waals surface area contributed by atoms with Crippen molar-refractivity contribution in [1.82, 2.24) is 14.9 Å². The van der Waals surface area contributed by atoms with Crippen LogP contribution in [-0.4, -0.2) is 28.5 Å². The van der Waals surface area contributed by atoms with Crippen molar-refractivity contribution in [2.24, 2.45) is 5.41 Å². The van der Waals surface area contributed by atoms with E-state index >= 15 is 0 Å². The minimum Gasteiger partial charge on any atom is -0.487 e. The maximum absolute atomic E-state index is 5.94. The SMILES string of the molecule is CN(C/C=C/C#CC(C)(C)C)Cc1cccc(OCc2csc(-c3cnco3)n2)c1. The zero-order valence-corrected chi connectivity index (χ0v) is 18.7. The fourth-order valence-electron chi connectivity index (χ4n) is 2.62. The Bertz CT molecular complexity index is 1020. The molecule has 0 amide bonds. The number of likely N-dealkylation sites (N-methyl/N-ethyl adjacent to an activating group) is 1. The Hall–Kier alpha value is -2.88. The molecule has 2 heterocycles.